The van der Waals surface area contributed by atoms with E-state index in [1.165, 1.54) is 30.1 Å². The Kier molecular flexibility index (Phi) is 2.18. The molecule has 6 heteroatoms. The summed E-state index contributed by atoms with van der Waals surface area (Å²) in [6, 6.07) is 5.31. The minimum atomic E-state index is -1.20. The van der Waals surface area contributed by atoms with E-state index in [1.54, 1.807) is 6.07 Å². The van der Waals surface area contributed by atoms with Gasteiger partial charge in [0.1, 0.15) is 12.5 Å². The number of carbonyl (C=O) groups is 2. The van der Waals surface area contributed by atoms with E-state index in [2.05, 4.69) is 0 Å². The molecule has 18 heavy (non-hydrogen) atoms. The molecule has 0 N–H and O–H groups in total. The lowest BCUT2D eigenvalue weighted by Crippen LogP contribution is -2.44. The zero-order chi connectivity index (χ0) is 12.9. The number of ether oxygens (including phenoxy) is 1. The van der Waals surface area contributed by atoms with Crippen LogP contribution in [0.15, 0.2) is 24.3 Å². The molecule has 2 heterocycles. The molecular formula is C12H11FN2O3. The highest BCUT2D eigenvalue weighted by Crippen LogP contribution is 2.40. The van der Waals surface area contributed by atoms with Gasteiger partial charge < -0.3 is 4.74 Å². The van der Waals surface area contributed by atoms with Crippen molar-refractivity contribution < 1.29 is 18.7 Å². The Morgan fingerprint density at radius 1 is 1.39 bits per heavy atom. The van der Waals surface area contributed by atoms with Crippen LogP contribution in [-0.2, 0) is 15.1 Å². The predicted octanol–water partition coefficient (Wildman–Crippen LogP) is 0.903. The maximum atomic E-state index is 13.3. The van der Waals surface area contributed by atoms with Crippen LogP contribution in [0.2, 0.25) is 0 Å². The van der Waals surface area contributed by atoms with Gasteiger partial charge in [-0.2, -0.15) is 0 Å². The number of hydrogen-bond acceptors (Lipinski definition) is 3. The molecule has 0 bridgehead atoms. The van der Waals surface area contributed by atoms with Crippen LogP contribution in [0, 0.1) is 5.82 Å². The number of rotatable bonds is 1. The van der Waals surface area contributed by atoms with Crippen molar-refractivity contribution in [2.45, 2.75) is 5.54 Å². The number of amides is 3. The lowest BCUT2D eigenvalue weighted by atomic mass is 9.90. The number of halogens is 1. The molecule has 0 aliphatic carbocycles. The Morgan fingerprint density at radius 3 is 2.89 bits per heavy atom. The summed E-state index contributed by atoms with van der Waals surface area (Å²) in [7, 11) is 1.42. The van der Waals surface area contributed by atoms with Gasteiger partial charge in [-0.25, -0.2) is 9.18 Å². The molecule has 2 aliphatic heterocycles. The van der Waals surface area contributed by atoms with Crippen molar-refractivity contribution in [2.75, 3.05) is 20.4 Å². The molecule has 0 aromatic heterocycles. The Labute approximate surface area is 103 Å². The average Bonchev–Trinajstić information content (AvgIpc) is 2.87. The number of hydrogen-bond donors (Lipinski definition) is 0. The summed E-state index contributed by atoms with van der Waals surface area (Å²) in [5, 5.41) is 0. The van der Waals surface area contributed by atoms with E-state index in [-0.39, 0.29) is 19.2 Å². The number of urea groups is 1. The number of imide groups is 1. The second-order valence-corrected chi connectivity index (χ2v) is 4.42. The molecule has 1 aromatic rings. The summed E-state index contributed by atoms with van der Waals surface area (Å²) in [5.41, 5.74) is -0.754. The van der Waals surface area contributed by atoms with Gasteiger partial charge in [-0.1, -0.05) is 12.1 Å². The van der Waals surface area contributed by atoms with Crippen molar-refractivity contribution in [3.05, 3.63) is 35.6 Å². The first-order valence-corrected chi connectivity index (χ1v) is 5.51. The van der Waals surface area contributed by atoms with Crippen LogP contribution >= 0.6 is 0 Å². The molecule has 0 radical (unpaired) electrons. The largest absolute Gasteiger partial charge is 0.358 e. The molecule has 1 aromatic carbocycles. The van der Waals surface area contributed by atoms with Crippen molar-refractivity contribution >= 4 is 11.9 Å². The van der Waals surface area contributed by atoms with Gasteiger partial charge in [0.15, 0.2) is 5.54 Å². The van der Waals surface area contributed by atoms with Gasteiger partial charge >= 0.3 is 6.03 Å². The normalized spacial score (nSPS) is 27.0. The summed E-state index contributed by atoms with van der Waals surface area (Å²) in [5.74, 6) is -0.820. The molecule has 3 rings (SSSR count). The molecule has 0 spiro atoms. The quantitative estimate of drug-likeness (QED) is 0.696. The van der Waals surface area contributed by atoms with Gasteiger partial charge in [-0.05, 0) is 17.7 Å². The highest BCUT2D eigenvalue weighted by molar-refractivity contribution is 6.07. The fraction of sp³-hybridized carbons (Fsp3) is 0.333. The summed E-state index contributed by atoms with van der Waals surface area (Å²) in [6.45, 7) is 0.108. The molecule has 3 amide bonds. The van der Waals surface area contributed by atoms with Gasteiger partial charge in [-0.3, -0.25) is 14.6 Å². The summed E-state index contributed by atoms with van der Waals surface area (Å²) < 4.78 is 18.6. The summed E-state index contributed by atoms with van der Waals surface area (Å²) >= 11 is 0. The Balaban J connectivity index is 2.18. The van der Waals surface area contributed by atoms with Gasteiger partial charge in [0.05, 0.1) is 6.61 Å². The molecule has 0 saturated carbocycles. The number of benzene rings is 1. The van der Waals surface area contributed by atoms with Crippen molar-refractivity contribution in [1.29, 1.82) is 0 Å². The number of likely N-dealkylation sites (N-methyl/N-ethyl adjacent to an activating group) is 1. The van der Waals surface area contributed by atoms with Crippen LogP contribution in [-0.4, -0.2) is 42.1 Å². The third-order valence-electron chi connectivity index (χ3n) is 3.47. The average molecular weight is 250 g/mol. The van der Waals surface area contributed by atoms with Gasteiger partial charge in [0, 0.05) is 7.05 Å². The van der Waals surface area contributed by atoms with Crippen molar-refractivity contribution in [3.8, 4) is 0 Å². The van der Waals surface area contributed by atoms with Gasteiger partial charge in [-0.15, -0.1) is 0 Å². The Hall–Kier alpha value is -1.95. The molecule has 2 saturated heterocycles. The molecule has 2 fully saturated rings. The Morgan fingerprint density at radius 2 is 2.17 bits per heavy atom. The smallest absolute Gasteiger partial charge is 0.329 e. The van der Waals surface area contributed by atoms with Crippen LogP contribution in [0.5, 0.6) is 0 Å². The highest BCUT2D eigenvalue weighted by Gasteiger charge is 2.60. The standard InChI is InChI=1S/C12H11FN2O3/c1-14-10(16)12(6-18-7-15(12)11(14)17)8-3-2-4-9(13)5-8/h2-5H,6-7H2,1H3/t12-/m1/s1. The lowest BCUT2D eigenvalue weighted by molar-refractivity contribution is -0.132. The molecule has 1 atom stereocenters. The summed E-state index contributed by atoms with van der Waals surface area (Å²) in [6.07, 6.45) is 0. The van der Waals surface area contributed by atoms with Crippen LogP contribution < -0.4 is 0 Å². The van der Waals surface area contributed by atoms with Gasteiger partial charge in [0.25, 0.3) is 5.91 Å². The van der Waals surface area contributed by atoms with E-state index in [1.807, 2.05) is 0 Å². The zero-order valence-electron chi connectivity index (χ0n) is 9.72. The van der Waals surface area contributed by atoms with Crippen molar-refractivity contribution in [3.63, 3.8) is 0 Å². The van der Waals surface area contributed by atoms with Crippen molar-refractivity contribution in [2.24, 2.45) is 0 Å². The minimum Gasteiger partial charge on any atom is -0.358 e. The monoisotopic (exact) mass is 250 g/mol. The van der Waals surface area contributed by atoms with Crippen molar-refractivity contribution in [1.82, 2.24) is 9.80 Å². The van der Waals surface area contributed by atoms with E-state index in [0.29, 0.717) is 5.56 Å². The first kappa shape index (κ1) is 11.2. The van der Waals surface area contributed by atoms with E-state index < -0.39 is 17.4 Å². The molecule has 5 nitrogen and oxygen atoms in total. The van der Waals surface area contributed by atoms with E-state index in [9.17, 15) is 14.0 Å². The minimum absolute atomic E-state index is 0.0471. The van der Waals surface area contributed by atoms with E-state index in [0.717, 1.165) is 4.90 Å². The fourth-order valence-electron chi connectivity index (χ4n) is 2.52. The maximum Gasteiger partial charge on any atom is 0.329 e. The fourth-order valence-corrected chi connectivity index (χ4v) is 2.52. The Bertz CT molecular complexity index is 548. The third-order valence-corrected chi connectivity index (χ3v) is 3.47. The first-order chi connectivity index (χ1) is 8.57. The molecule has 94 valence electrons. The third kappa shape index (κ3) is 1.18. The maximum absolute atomic E-state index is 13.3. The predicted molar refractivity (Wildman–Crippen MR) is 58.9 cm³/mol. The summed E-state index contributed by atoms with van der Waals surface area (Å²) in [4.78, 5) is 26.6. The zero-order valence-corrected chi connectivity index (χ0v) is 9.72. The van der Waals surface area contributed by atoms with E-state index in [4.69, 9.17) is 4.74 Å². The van der Waals surface area contributed by atoms with E-state index >= 15 is 0 Å². The highest BCUT2D eigenvalue weighted by atomic mass is 19.1. The number of carbonyl (C=O) groups excluding carboxylic acids is 2. The second kappa shape index (κ2) is 3.52. The number of nitrogens with zero attached hydrogens (tertiary/aromatic N) is 2. The van der Waals surface area contributed by atoms with Gasteiger partial charge in [0.2, 0.25) is 0 Å². The molecule has 2 aliphatic rings. The number of fused-ring (bicyclic) bond motifs is 1. The topological polar surface area (TPSA) is 49.9 Å². The van der Waals surface area contributed by atoms with Crippen LogP contribution in [0.25, 0.3) is 0 Å². The first-order valence-electron chi connectivity index (χ1n) is 5.51. The SMILES string of the molecule is CN1C(=O)N2COC[C@@]2(c2cccc(F)c2)C1=O. The van der Waals surface area contributed by atoms with Crippen LogP contribution in [0.4, 0.5) is 9.18 Å². The lowest BCUT2D eigenvalue weighted by Gasteiger charge is -2.26. The molecular weight excluding hydrogens is 239 g/mol. The van der Waals surface area contributed by atoms with Crippen LogP contribution in [0.3, 0.4) is 0 Å². The van der Waals surface area contributed by atoms with Crippen LogP contribution in [0.1, 0.15) is 5.56 Å². The molecule has 0 unspecified atom stereocenters. The second-order valence-electron chi connectivity index (χ2n) is 4.42.